The van der Waals surface area contributed by atoms with Crippen LogP contribution in [0.15, 0.2) is 0 Å². The molecule has 9 rings (SSSR count). The van der Waals surface area contributed by atoms with Crippen LogP contribution in [-0.4, -0.2) is 449 Å². The van der Waals surface area contributed by atoms with Crippen molar-refractivity contribution in [1.82, 2.24) is 0 Å². The van der Waals surface area contributed by atoms with Crippen LogP contribution in [0.4, 0.5) is 0 Å². The van der Waals surface area contributed by atoms with Crippen molar-refractivity contribution in [3.05, 3.63) is 0 Å². The molecule has 45 atom stereocenters. The molecular formula is C54H92O43. The normalized spacial score (nSPS) is 55.0. The summed E-state index contributed by atoms with van der Waals surface area (Å²) in [4.78, 5) is 0. The van der Waals surface area contributed by atoms with Crippen LogP contribution in [0.5, 0.6) is 0 Å². The van der Waals surface area contributed by atoms with E-state index in [-0.39, 0.29) is 0 Å². The summed E-state index contributed by atoms with van der Waals surface area (Å²) in [5, 5.41) is 280. The van der Waals surface area contributed by atoms with Crippen molar-refractivity contribution in [2.24, 2.45) is 0 Å². The Morgan fingerprint density at radius 1 is 0.206 bits per heavy atom. The zero-order chi connectivity index (χ0) is 71.2. The van der Waals surface area contributed by atoms with Gasteiger partial charge in [-0.2, -0.15) is 0 Å². The summed E-state index contributed by atoms with van der Waals surface area (Å²) in [5.41, 5.74) is 0. The first-order valence-corrected chi connectivity index (χ1v) is 31.2. The van der Waals surface area contributed by atoms with Crippen LogP contribution in [0, 0.1) is 0 Å². The first kappa shape index (κ1) is 79.4. The van der Waals surface area contributed by atoms with Gasteiger partial charge in [0, 0.05) is 0 Å². The van der Waals surface area contributed by atoms with Gasteiger partial charge in [-0.1, -0.05) is 0 Å². The smallest absolute Gasteiger partial charge is 0.187 e. The largest absolute Gasteiger partial charge is 0.394 e. The molecule has 0 saturated carbocycles. The van der Waals surface area contributed by atoms with Gasteiger partial charge >= 0.3 is 0 Å². The maximum Gasteiger partial charge on any atom is 0.187 e. The number of hydrogen-bond acceptors (Lipinski definition) is 43. The minimum atomic E-state index is -2.19. The molecule has 0 aromatic heterocycles. The van der Waals surface area contributed by atoms with Crippen LogP contribution >= 0.6 is 0 Å². The quantitative estimate of drug-likeness (QED) is 0.0479. The molecule has 0 bridgehead atoms. The molecule has 9 saturated heterocycles. The lowest BCUT2D eigenvalue weighted by Crippen LogP contribution is -2.67. The Bertz CT molecular complexity index is 2400. The van der Waals surface area contributed by atoms with E-state index in [9.17, 15) is 133 Å². The highest BCUT2D eigenvalue weighted by Gasteiger charge is 2.59. The lowest BCUT2D eigenvalue weighted by atomic mass is 9.96. The molecule has 0 spiro atoms. The van der Waals surface area contributed by atoms with Gasteiger partial charge in [0.15, 0.2) is 56.6 Å². The van der Waals surface area contributed by atoms with E-state index in [4.69, 9.17) is 80.5 Å². The molecule has 9 fully saturated rings. The van der Waals surface area contributed by atoms with Crippen LogP contribution in [-0.2, 0) is 80.5 Å². The molecule has 566 valence electrons. The number of rotatable bonds is 22. The fourth-order valence-corrected chi connectivity index (χ4v) is 12.7. The summed E-state index contributed by atoms with van der Waals surface area (Å²) >= 11 is 0. The Morgan fingerprint density at radius 2 is 0.433 bits per heavy atom. The van der Waals surface area contributed by atoms with Crippen molar-refractivity contribution in [1.29, 1.82) is 0 Å². The van der Waals surface area contributed by atoms with Crippen LogP contribution in [0.1, 0.15) is 20.8 Å². The van der Waals surface area contributed by atoms with E-state index in [1.54, 1.807) is 0 Å². The highest BCUT2D eigenvalue weighted by atomic mass is 16.8. The van der Waals surface area contributed by atoms with Crippen LogP contribution in [0.3, 0.4) is 0 Å². The van der Waals surface area contributed by atoms with Crippen molar-refractivity contribution in [2.75, 3.05) is 39.6 Å². The maximum absolute atomic E-state index is 11.5. The fraction of sp³-hybridized carbons (Fsp3) is 1.00. The van der Waals surface area contributed by atoms with E-state index < -0.39 is 316 Å². The van der Waals surface area contributed by atoms with Crippen molar-refractivity contribution >= 4 is 0 Å². The second kappa shape index (κ2) is 33.6. The molecule has 97 heavy (non-hydrogen) atoms. The second-order valence-electron chi connectivity index (χ2n) is 25.2. The Morgan fingerprint density at radius 3 is 0.742 bits per heavy atom. The zero-order valence-electron chi connectivity index (χ0n) is 51.8. The van der Waals surface area contributed by atoms with E-state index in [1.165, 1.54) is 20.8 Å². The third-order valence-electron chi connectivity index (χ3n) is 18.6. The van der Waals surface area contributed by atoms with Gasteiger partial charge in [0.1, 0.15) is 201 Å². The number of aliphatic hydroxyl groups excluding tert-OH is 26. The van der Waals surface area contributed by atoms with E-state index in [0.29, 0.717) is 0 Å². The van der Waals surface area contributed by atoms with Gasteiger partial charge in [0.05, 0.1) is 58.0 Å². The Labute approximate surface area is 549 Å². The molecule has 0 amide bonds. The predicted octanol–water partition coefficient (Wildman–Crippen LogP) is -17.5. The standard InChI is InChI=1S/C54H92O43/c1-10-40(92-52-31(71)25(65)19(59)13(4-55)89-52)29(69)35(75)50(84-10)96-44-23(63)15(6-57)87-47(38(44)78)82-9-18-21(61)27(67)33(73)54(91-18)94-42-12(3)85-51(36(76)30(42)70)97-45-24(64)16(7-58)88-48(39(45)79)81-8-17-20(60)26(66)32(72)53(90-17)93-41-11(2)83-49(34(74)28(41)68)95-43-22(62)14(5-56)86-46(80)37(43)77/h10-80H,4-9H2,1-3H3/t10-,11-,12-,13+,14+,15+,16+,17+,18+,19+,20+,21+,22-,23-,24-,25-,26-,27-,28-,29-,30-,31-,32-,33-,34+,35+,36+,37+,38+,39+,40-,41-,42-,43-,44-,45-,46-,47+,48+,49-,50-,51-,52-,53-,54-/m0/s1. The van der Waals surface area contributed by atoms with E-state index in [0.717, 1.165) is 0 Å². The Balaban J connectivity index is 0.777. The fourth-order valence-electron chi connectivity index (χ4n) is 12.7. The first-order valence-electron chi connectivity index (χ1n) is 31.2. The molecule has 43 nitrogen and oxygen atoms in total. The third kappa shape index (κ3) is 16.5. The van der Waals surface area contributed by atoms with Gasteiger partial charge in [-0.25, -0.2) is 0 Å². The third-order valence-corrected chi connectivity index (χ3v) is 18.6. The molecule has 9 aliphatic heterocycles. The summed E-state index contributed by atoms with van der Waals surface area (Å²) < 4.78 is 95.6. The average molecular weight is 1430 g/mol. The zero-order valence-corrected chi connectivity index (χ0v) is 51.8. The second-order valence-corrected chi connectivity index (χ2v) is 25.2. The van der Waals surface area contributed by atoms with Crippen LogP contribution in [0.2, 0.25) is 0 Å². The van der Waals surface area contributed by atoms with Gasteiger partial charge < -0.3 is 213 Å². The van der Waals surface area contributed by atoms with Gasteiger partial charge in [-0.15, -0.1) is 0 Å². The maximum atomic E-state index is 11.5. The summed E-state index contributed by atoms with van der Waals surface area (Å²) in [6.07, 6.45) is -83.4. The number of hydrogen-bond donors (Lipinski definition) is 26. The van der Waals surface area contributed by atoms with Crippen molar-refractivity contribution in [3.8, 4) is 0 Å². The molecule has 43 heteroatoms. The summed E-state index contributed by atoms with van der Waals surface area (Å²) in [5.74, 6) is 0. The lowest BCUT2D eigenvalue weighted by molar-refractivity contribution is -0.386. The Hall–Kier alpha value is -1.72. The highest BCUT2D eigenvalue weighted by molar-refractivity contribution is 5.01. The topological polar surface area (TPSA) is 683 Å². The van der Waals surface area contributed by atoms with Gasteiger partial charge in [-0.05, 0) is 20.8 Å². The SMILES string of the molecule is C[C@@H]1O[C@@H](O[C@@H]2[C@@H](O)[C@@H](O)O[C@H](CO)[C@@H]2O)[C@H](O)[C@H](O)[C@H]1O[C@@H]1O[C@H](CO[C@@H]2O[C@H](CO)[C@H](O)[C@H](O[C@@H]3O[C@@H](C)[C@H](O[C@@H]4O[C@H](CO[C@@H]5O[C@H](CO)[C@H](O)[C@H](O[C@@H]6O[C@@H](C)[C@H](O[C@@H]7O[C@H](CO)[C@@H](O)[C@H](O)[C@@H]7O)[C@@H](O)[C@H]6O)[C@H]5O)[C@@H](O)[C@H](O)[C@@H]4O)[C@@H](O)[C@H]3O)[C@H]2O)[C@@H](O)[C@H](O)[C@@H]1O. The summed E-state index contributed by atoms with van der Waals surface area (Å²) in [6, 6.07) is 0. The van der Waals surface area contributed by atoms with E-state index >= 15 is 0 Å². The lowest BCUT2D eigenvalue weighted by Gasteiger charge is -2.48. The van der Waals surface area contributed by atoms with Crippen LogP contribution in [0.25, 0.3) is 0 Å². The molecule has 0 aliphatic carbocycles. The first-order chi connectivity index (χ1) is 45.8. The predicted molar refractivity (Wildman–Crippen MR) is 293 cm³/mol. The minimum Gasteiger partial charge on any atom is -0.394 e. The summed E-state index contributed by atoms with van der Waals surface area (Å²) in [7, 11) is 0. The van der Waals surface area contributed by atoms with Gasteiger partial charge in [-0.3, -0.25) is 0 Å². The highest BCUT2D eigenvalue weighted by Crippen LogP contribution is 2.38. The molecular weight excluding hydrogens is 1340 g/mol. The summed E-state index contributed by atoms with van der Waals surface area (Å²) in [6.45, 7) is -1.47. The van der Waals surface area contributed by atoms with Gasteiger partial charge in [0.25, 0.3) is 0 Å². The molecule has 0 aromatic rings. The van der Waals surface area contributed by atoms with Crippen molar-refractivity contribution in [2.45, 2.75) is 297 Å². The number of aliphatic hydroxyl groups is 26. The van der Waals surface area contributed by atoms with Gasteiger partial charge in [0.2, 0.25) is 0 Å². The van der Waals surface area contributed by atoms with Crippen molar-refractivity contribution < 1.29 is 213 Å². The molecule has 0 aromatic carbocycles. The van der Waals surface area contributed by atoms with Crippen molar-refractivity contribution in [3.63, 3.8) is 0 Å². The Kier molecular flexibility index (Phi) is 27.5. The molecule has 0 unspecified atom stereocenters. The molecule has 26 N–H and O–H groups in total. The van der Waals surface area contributed by atoms with E-state index in [1.807, 2.05) is 0 Å². The molecule has 9 aliphatic rings. The average Bonchev–Trinajstić information content (AvgIpc) is 0.791. The monoisotopic (exact) mass is 1430 g/mol. The minimum absolute atomic E-state index is 0.812. The molecule has 0 radical (unpaired) electrons. The molecule has 9 heterocycles. The number of ether oxygens (including phenoxy) is 17. The van der Waals surface area contributed by atoms with Crippen LogP contribution < -0.4 is 0 Å². The van der Waals surface area contributed by atoms with E-state index in [2.05, 4.69) is 0 Å².